The Bertz CT molecular complexity index is 300. The molecule has 0 spiro atoms. The van der Waals surface area contributed by atoms with E-state index >= 15 is 0 Å². The molecule has 1 nitrogen and oxygen atoms in total. The number of fused-ring (bicyclic) bond motifs is 1. The lowest BCUT2D eigenvalue weighted by molar-refractivity contribution is -0.0499. The molecule has 0 amide bonds. The van der Waals surface area contributed by atoms with Crippen LogP contribution in [0.1, 0.15) is 33.6 Å². The average Bonchev–Trinajstić information content (AvgIpc) is 2.01. The normalized spacial score (nSPS) is 43.9. The maximum atomic E-state index is 6.47. The SMILES string of the molecule is C=CCC1(N)C=C(C)C2CC1C2(C)C. The van der Waals surface area contributed by atoms with E-state index in [2.05, 4.69) is 33.4 Å². The van der Waals surface area contributed by atoms with E-state index in [0.717, 1.165) is 12.3 Å². The first-order valence-electron chi connectivity index (χ1n) is 5.51. The summed E-state index contributed by atoms with van der Waals surface area (Å²) >= 11 is 0. The summed E-state index contributed by atoms with van der Waals surface area (Å²) in [5.74, 6) is 1.41. The van der Waals surface area contributed by atoms with E-state index in [1.165, 1.54) is 12.0 Å². The molecule has 3 aliphatic carbocycles. The van der Waals surface area contributed by atoms with Crippen molar-refractivity contribution in [1.82, 2.24) is 0 Å². The van der Waals surface area contributed by atoms with Crippen LogP contribution in [0.3, 0.4) is 0 Å². The number of hydrogen-bond donors (Lipinski definition) is 1. The lowest BCUT2D eigenvalue weighted by Crippen LogP contribution is -2.63. The quantitative estimate of drug-likeness (QED) is 0.667. The van der Waals surface area contributed by atoms with Crippen LogP contribution in [0.4, 0.5) is 0 Å². The molecule has 14 heavy (non-hydrogen) atoms. The van der Waals surface area contributed by atoms with Crippen molar-refractivity contribution < 1.29 is 0 Å². The van der Waals surface area contributed by atoms with Crippen molar-refractivity contribution in [3.63, 3.8) is 0 Å². The molecule has 0 aromatic rings. The lowest BCUT2D eigenvalue weighted by atomic mass is 9.43. The van der Waals surface area contributed by atoms with Crippen molar-refractivity contribution in [3.8, 4) is 0 Å². The second kappa shape index (κ2) is 2.73. The zero-order valence-corrected chi connectivity index (χ0v) is 9.51. The van der Waals surface area contributed by atoms with Crippen molar-refractivity contribution in [3.05, 3.63) is 24.3 Å². The van der Waals surface area contributed by atoms with E-state index < -0.39 is 0 Å². The van der Waals surface area contributed by atoms with Gasteiger partial charge in [-0.2, -0.15) is 0 Å². The van der Waals surface area contributed by atoms with Crippen LogP contribution < -0.4 is 5.73 Å². The van der Waals surface area contributed by atoms with Crippen molar-refractivity contribution >= 4 is 0 Å². The van der Waals surface area contributed by atoms with Gasteiger partial charge in [-0.15, -0.1) is 6.58 Å². The number of nitrogens with two attached hydrogens (primary N) is 1. The van der Waals surface area contributed by atoms with Crippen molar-refractivity contribution in [1.29, 1.82) is 0 Å². The van der Waals surface area contributed by atoms with E-state index in [4.69, 9.17) is 5.73 Å². The van der Waals surface area contributed by atoms with Gasteiger partial charge in [0.1, 0.15) is 0 Å². The Balaban J connectivity index is 2.37. The van der Waals surface area contributed by atoms with Crippen LogP contribution in [0.15, 0.2) is 24.3 Å². The minimum Gasteiger partial charge on any atom is -0.321 e. The standard InChI is InChI=1S/C13H21N/c1-5-6-13(14)8-9(2)10-7-11(13)12(10,3)4/h5,8,10-11H,1,6-7,14H2,2-4H3. The average molecular weight is 191 g/mol. The number of allylic oxidation sites excluding steroid dienone is 1. The Kier molecular flexibility index (Phi) is 1.94. The summed E-state index contributed by atoms with van der Waals surface area (Å²) in [6, 6.07) is 0. The van der Waals surface area contributed by atoms with Gasteiger partial charge in [0.15, 0.2) is 0 Å². The predicted octanol–water partition coefficient (Wildman–Crippen LogP) is 2.88. The van der Waals surface area contributed by atoms with Crippen molar-refractivity contribution in [2.45, 2.75) is 39.2 Å². The van der Waals surface area contributed by atoms with Gasteiger partial charge in [-0.05, 0) is 37.0 Å². The second-order valence-corrected chi connectivity index (χ2v) is 5.66. The highest BCUT2D eigenvalue weighted by Gasteiger charge is 2.58. The van der Waals surface area contributed by atoms with Gasteiger partial charge in [-0.1, -0.05) is 31.6 Å². The molecule has 0 radical (unpaired) electrons. The van der Waals surface area contributed by atoms with Gasteiger partial charge in [0.25, 0.3) is 0 Å². The van der Waals surface area contributed by atoms with Crippen LogP contribution in [0.25, 0.3) is 0 Å². The van der Waals surface area contributed by atoms with Gasteiger partial charge in [0.05, 0.1) is 0 Å². The van der Waals surface area contributed by atoms with Crippen LogP contribution in [0, 0.1) is 17.3 Å². The van der Waals surface area contributed by atoms with E-state index in [1.807, 2.05) is 6.08 Å². The Morgan fingerprint density at radius 1 is 1.64 bits per heavy atom. The molecular formula is C13H21N. The highest BCUT2D eigenvalue weighted by atomic mass is 14.8. The van der Waals surface area contributed by atoms with Crippen LogP contribution in [-0.2, 0) is 0 Å². The third-order valence-corrected chi connectivity index (χ3v) is 4.46. The molecular weight excluding hydrogens is 170 g/mol. The topological polar surface area (TPSA) is 26.0 Å². The van der Waals surface area contributed by atoms with Gasteiger partial charge in [-0.3, -0.25) is 0 Å². The highest BCUT2D eigenvalue weighted by molar-refractivity contribution is 5.32. The summed E-state index contributed by atoms with van der Waals surface area (Å²) in [4.78, 5) is 0. The highest BCUT2D eigenvalue weighted by Crippen LogP contribution is 2.62. The molecule has 1 heteroatoms. The van der Waals surface area contributed by atoms with E-state index in [0.29, 0.717) is 11.3 Å². The van der Waals surface area contributed by atoms with Gasteiger partial charge in [0, 0.05) is 5.54 Å². The molecule has 0 aromatic carbocycles. The molecule has 3 rings (SSSR count). The maximum absolute atomic E-state index is 6.47. The smallest absolute Gasteiger partial charge is 0.0410 e. The molecule has 2 bridgehead atoms. The van der Waals surface area contributed by atoms with Gasteiger partial charge in [-0.25, -0.2) is 0 Å². The fourth-order valence-electron chi connectivity index (χ4n) is 3.69. The zero-order chi connectivity index (χ0) is 10.6. The first-order chi connectivity index (χ1) is 6.42. The summed E-state index contributed by atoms with van der Waals surface area (Å²) < 4.78 is 0. The molecule has 0 aliphatic heterocycles. The monoisotopic (exact) mass is 191 g/mol. The zero-order valence-electron chi connectivity index (χ0n) is 9.51. The second-order valence-electron chi connectivity index (χ2n) is 5.66. The van der Waals surface area contributed by atoms with Gasteiger partial charge >= 0.3 is 0 Å². The largest absolute Gasteiger partial charge is 0.321 e. The molecule has 2 N–H and O–H groups in total. The molecule has 0 saturated heterocycles. The third-order valence-electron chi connectivity index (χ3n) is 4.46. The van der Waals surface area contributed by atoms with E-state index in [1.54, 1.807) is 0 Å². The lowest BCUT2D eigenvalue weighted by Gasteiger charge is -2.62. The summed E-state index contributed by atoms with van der Waals surface area (Å²) in [5, 5.41) is 0. The van der Waals surface area contributed by atoms with Crippen molar-refractivity contribution in [2.75, 3.05) is 0 Å². The fourth-order valence-corrected chi connectivity index (χ4v) is 3.69. The van der Waals surface area contributed by atoms with Crippen LogP contribution in [0.2, 0.25) is 0 Å². The van der Waals surface area contributed by atoms with E-state index in [-0.39, 0.29) is 5.54 Å². The summed E-state index contributed by atoms with van der Waals surface area (Å²) in [6.45, 7) is 10.8. The van der Waals surface area contributed by atoms with Crippen LogP contribution in [-0.4, -0.2) is 5.54 Å². The fraction of sp³-hybridized carbons (Fsp3) is 0.692. The van der Waals surface area contributed by atoms with Crippen molar-refractivity contribution in [2.24, 2.45) is 23.0 Å². The minimum absolute atomic E-state index is 0.121. The summed E-state index contributed by atoms with van der Waals surface area (Å²) in [7, 11) is 0. The Hall–Kier alpha value is -0.560. The molecule has 1 saturated carbocycles. The van der Waals surface area contributed by atoms with E-state index in [9.17, 15) is 0 Å². The van der Waals surface area contributed by atoms with Crippen LogP contribution in [0.5, 0.6) is 0 Å². The number of hydrogen-bond acceptors (Lipinski definition) is 1. The molecule has 0 aromatic heterocycles. The van der Waals surface area contributed by atoms with Crippen LogP contribution >= 0.6 is 0 Å². The number of rotatable bonds is 2. The Morgan fingerprint density at radius 2 is 2.29 bits per heavy atom. The molecule has 3 aliphatic rings. The summed E-state index contributed by atoms with van der Waals surface area (Å²) in [5.41, 5.74) is 8.24. The first kappa shape index (κ1) is 9.97. The Morgan fingerprint density at radius 3 is 2.71 bits per heavy atom. The summed E-state index contributed by atoms with van der Waals surface area (Å²) in [6.07, 6.45) is 6.43. The first-order valence-corrected chi connectivity index (χ1v) is 5.51. The molecule has 3 unspecified atom stereocenters. The molecule has 1 fully saturated rings. The molecule has 3 atom stereocenters. The minimum atomic E-state index is -0.121. The van der Waals surface area contributed by atoms with Gasteiger partial charge in [0.2, 0.25) is 0 Å². The van der Waals surface area contributed by atoms with Gasteiger partial charge < -0.3 is 5.73 Å². The maximum Gasteiger partial charge on any atom is 0.0410 e. The molecule has 0 heterocycles. The molecule has 78 valence electrons. The third kappa shape index (κ3) is 1.05. The predicted molar refractivity (Wildman–Crippen MR) is 60.9 cm³/mol. The Labute approximate surface area is 87.1 Å².